The van der Waals surface area contributed by atoms with Crippen LogP contribution in [0.2, 0.25) is 0 Å². The van der Waals surface area contributed by atoms with Gasteiger partial charge in [-0.15, -0.1) is 0 Å². The molecule has 7 heteroatoms. The minimum absolute atomic E-state index is 0.0846. The number of nitrogens with zero attached hydrogens (tertiary/aromatic N) is 1. The number of carbonyl (C=O) groups excluding carboxylic acids is 1. The average Bonchev–Trinajstić information content (AvgIpc) is 2.59. The van der Waals surface area contributed by atoms with Crippen LogP contribution in [0.1, 0.15) is 18.9 Å². The normalized spacial score (nSPS) is 13.8. The Balaban J connectivity index is 2.38. The first-order chi connectivity index (χ1) is 12.4. The Bertz CT molecular complexity index is 656. The molecule has 1 aromatic rings. The molecule has 0 aliphatic carbocycles. The van der Waals surface area contributed by atoms with E-state index >= 15 is 0 Å². The number of nitrogens with one attached hydrogen (secondary N) is 1. The second-order valence-electron chi connectivity index (χ2n) is 5.73. The Morgan fingerprint density at radius 2 is 2.08 bits per heavy atom. The van der Waals surface area contributed by atoms with Crippen LogP contribution < -0.4 is 11.1 Å². The number of aliphatic carboxylic acids is 1. The summed E-state index contributed by atoms with van der Waals surface area (Å²) < 4.78 is 4.98. The van der Waals surface area contributed by atoms with Gasteiger partial charge in [0.2, 0.25) is 0 Å². The van der Waals surface area contributed by atoms with E-state index in [4.69, 9.17) is 15.6 Å². The van der Waals surface area contributed by atoms with Crippen molar-refractivity contribution in [3.05, 3.63) is 60.2 Å². The average molecular weight is 359 g/mol. The zero-order valence-corrected chi connectivity index (χ0v) is 14.8. The van der Waals surface area contributed by atoms with Crippen molar-refractivity contribution in [1.29, 1.82) is 0 Å². The number of nitrogens with two attached hydrogens (primary N) is 1. The van der Waals surface area contributed by atoms with Crippen LogP contribution in [0.15, 0.2) is 59.6 Å². The largest absolute Gasteiger partial charge is 0.480 e. The summed E-state index contributed by atoms with van der Waals surface area (Å²) in [5.74, 6) is -1.10. The van der Waals surface area contributed by atoms with Crippen molar-refractivity contribution in [1.82, 2.24) is 5.32 Å². The van der Waals surface area contributed by atoms with Gasteiger partial charge in [-0.3, -0.25) is 9.79 Å². The molecule has 0 aliphatic rings. The molecule has 7 nitrogen and oxygen atoms in total. The maximum atomic E-state index is 11.7. The fourth-order valence-electron chi connectivity index (χ4n) is 2.17. The van der Waals surface area contributed by atoms with Gasteiger partial charge in [0.05, 0.1) is 0 Å². The first-order valence-corrected chi connectivity index (χ1v) is 8.19. The molecule has 0 heterocycles. The van der Waals surface area contributed by atoms with Crippen LogP contribution >= 0.6 is 0 Å². The topological polar surface area (TPSA) is 114 Å². The Kier molecular flexibility index (Phi) is 9.42. The molecular formula is C19H25N3O4. The third-order valence-electron chi connectivity index (χ3n) is 3.38. The van der Waals surface area contributed by atoms with Crippen LogP contribution in [0.25, 0.3) is 0 Å². The van der Waals surface area contributed by atoms with Crippen molar-refractivity contribution in [2.75, 3.05) is 6.73 Å². The number of carbonyl (C=O) groups is 2. The van der Waals surface area contributed by atoms with Gasteiger partial charge in [-0.25, -0.2) is 4.79 Å². The number of ether oxygens (including phenoxy) is 1. The lowest BCUT2D eigenvalue weighted by Crippen LogP contribution is -2.34. The van der Waals surface area contributed by atoms with Crippen LogP contribution in [0.5, 0.6) is 0 Å². The summed E-state index contributed by atoms with van der Waals surface area (Å²) in [7, 11) is 0. The number of hydrogen-bond acceptors (Lipinski definition) is 5. The van der Waals surface area contributed by atoms with Crippen LogP contribution in [-0.4, -0.2) is 42.2 Å². The minimum Gasteiger partial charge on any atom is -0.480 e. The van der Waals surface area contributed by atoms with Gasteiger partial charge >= 0.3 is 12.1 Å². The van der Waals surface area contributed by atoms with Gasteiger partial charge in [0, 0.05) is 12.3 Å². The third kappa shape index (κ3) is 8.79. The number of benzene rings is 1. The quantitative estimate of drug-likeness (QED) is 0.438. The molecule has 1 rings (SSSR count). The Hall–Kier alpha value is -2.93. The van der Waals surface area contributed by atoms with Gasteiger partial charge in [0.25, 0.3) is 0 Å². The predicted molar refractivity (Wildman–Crippen MR) is 101 cm³/mol. The van der Waals surface area contributed by atoms with Crippen molar-refractivity contribution in [3.63, 3.8) is 0 Å². The molecule has 0 saturated heterocycles. The van der Waals surface area contributed by atoms with E-state index in [1.54, 1.807) is 6.08 Å². The monoisotopic (exact) mass is 359 g/mol. The number of carboxylic acid groups (broad SMARTS) is 1. The minimum atomic E-state index is -1.10. The van der Waals surface area contributed by atoms with Gasteiger partial charge in [-0.05, 0) is 30.9 Å². The Labute approximate surface area is 153 Å². The van der Waals surface area contributed by atoms with Gasteiger partial charge in [0.15, 0.2) is 6.73 Å². The number of amides is 1. The van der Waals surface area contributed by atoms with E-state index in [1.807, 2.05) is 37.3 Å². The van der Waals surface area contributed by atoms with Crippen molar-refractivity contribution >= 4 is 18.3 Å². The molecule has 4 N–H and O–H groups in total. The summed E-state index contributed by atoms with van der Waals surface area (Å²) >= 11 is 0. The third-order valence-corrected chi connectivity index (χ3v) is 3.38. The highest BCUT2D eigenvalue weighted by Gasteiger charge is 2.12. The number of hydrogen-bond donors (Lipinski definition) is 3. The van der Waals surface area contributed by atoms with Crippen LogP contribution in [0.3, 0.4) is 0 Å². The summed E-state index contributed by atoms with van der Waals surface area (Å²) in [4.78, 5) is 26.5. The van der Waals surface area contributed by atoms with E-state index in [0.29, 0.717) is 12.0 Å². The zero-order valence-electron chi connectivity index (χ0n) is 14.8. The number of rotatable bonds is 10. The molecule has 0 aromatic heterocycles. The Morgan fingerprint density at radius 1 is 1.38 bits per heavy atom. The molecule has 1 aromatic carbocycles. The van der Waals surface area contributed by atoms with Crippen molar-refractivity contribution in [2.45, 2.75) is 31.8 Å². The number of aliphatic imine (C=N–C) groups is 1. The molecule has 1 amide bonds. The van der Waals surface area contributed by atoms with E-state index in [1.165, 1.54) is 12.3 Å². The lowest BCUT2D eigenvalue weighted by molar-refractivity contribution is -0.138. The van der Waals surface area contributed by atoms with E-state index < -0.39 is 18.1 Å². The number of allylic oxidation sites excluding steroid dienone is 2. The molecule has 0 spiro atoms. The number of carboxylic acids is 1. The van der Waals surface area contributed by atoms with E-state index in [0.717, 1.165) is 5.56 Å². The molecule has 0 radical (unpaired) electrons. The first kappa shape index (κ1) is 21.1. The van der Waals surface area contributed by atoms with Crippen molar-refractivity contribution in [2.24, 2.45) is 10.7 Å². The molecule has 0 saturated carbocycles. The molecule has 0 bridgehead atoms. The lowest BCUT2D eigenvalue weighted by atomic mass is 10.1. The molecule has 26 heavy (non-hydrogen) atoms. The Morgan fingerprint density at radius 3 is 2.69 bits per heavy atom. The van der Waals surface area contributed by atoms with Gasteiger partial charge < -0.3 is 20.9 Å². The summed E-state index contributed by atoms with van der Waals surface area (Å²) in [6.07, 6.45) is 4.76. The molecular weight excluding hydrogens is 334 g/mol. The highest BCUT2D eigenvalue weighted by atomic mass is 16.6. The van der Waals surface area contributed by atoms with E-state index in [2.05, 4.69) is 16.9 Å². The maximum absolute atomic E-state index is 11.7. The molecule has 2 atom stereocenters. The first-order valence-electron chi connectivity index (χ1n) is 8.19. The van der Waals surface area contributed by atoms with E-state index in [9.17, 15) is 9.59 Å². The van der Waals surface area contributed by atoms with Gasteiger partial charge in [-0.2, -0.15) is 0 Å². The summed E-state index contributed by atoms with van der Waals surface area (Å²) in [6.45, 7) is 5.26. The molecule has 0 fully saturated rings. The maximum Gasteiger partial charge on any atom is 0.409 e. The second kappa shape index (κ2) is 11.6. The van der Waals surface area contributed by atoms with Crippen LogP contribution in [0.4, 0.5) is 4.79 Å². The zero-order chi connectivity index (χ0) is 19.4. The fraction of sp³-hybridized carbons (Fsp3) is 0.316. The van der Waals surface area contributed by atoms with Crippen molar-refractivity contribution in [3.8, 4) is 0 Å². The van der Waals surface area contributed by atoms with Crippen LogP contribution in [0, 0.1) is 0 Å². The highest BCUT2D eigenvalue weighted by molar-refractivity contribution is 5.82. The lowest BCUT2D eigenvalue weighted by Gasteiger charge is -2.13. The fourth-order valence-corrected chi connectivity index (χ4v) is 2.17. The van der Waals surface area contributed by atoms with Gasteiger partial charge in [0.1, 0.15) is 6.04 Å². The summed E-state index contributed by atoms with van der Waals surface area (Å²) in [5.41, 5.74) is 7.18. The smallest absolute Gasteiger partial charge is 0.409 e. The SMILES string of the molecule is C=C/C=C(\C=NCOC(=O)NC(C)Cc1ccccc1)C[C@H](N)C(=O)O. The second-order valence-corrected chi connectivity index (χ2v) is 5.73. The number of alkyl carbamates (subject to hydrolysis) is 1. The predicted octanol–water partition coefficient (Wildman–Crippen LogP) is 2.29. The summed E-state index contributed by atoms with van der Waals surface area (Å²) in [5, 5.41) is 11.6. The van der Waals surface area contributed by atoms with Crippen LogP contribution in [-0.2, 0) is 16.0 Å². The van der Waals surface area contributed by atoms with Gasteiger partial charge in [-0.1, -0.05) is 49.1 Å². The molecule has 1 unspecified atom stereocenters. The van der Waals surface area contributed by atoms with Crippen molar-refractivity contribution < 1.29 is 19.4 Å². The highest BCUT2D eigenvalue weighted by Crippen LogP contribution is 2.04. The standard InChI is InChI=1S/C19H25N3O4/c1-3-7-16(11-17(20)18(23)24)12-21-13-26-19(25)22-14(2)10-15-8-5-4-6-9-15/h3-9,12,14,17H,1,10-11,13,20H2,2H3,(H,22,25)(H,23,24)/b16-7-,21-12?/t14?,17-/m0/s1. The summed E-state index contributed by atoms with van der Waals surface area (Å²) in [6, 6.07) is 8.69. The molecule has 140 valence electrons. The molecule has 0 aliphatic heterocycles. The van der Waals surface area contributed by atoms with E-state index in [-0.39, 0.29) is 19.2 Å².